The van der Waals surface area contributed by atoms with E-state index in [-0.39, 0.29) is 6.03 Å². The Morgan fingerprint density at radius 3 is 2.76 bits per heavy atom. The van der Waals surface area contributed by atoms with Gasteiger partial charge < -0.3 is 10.2 Å². The van der Waals surface area contributed by atoms with Gasteiger partial charge in [0.25, 0.3) is 0 Å². The lowest BCUT2D eigenvalue weighted by Crippen LogP contribution is -2.42. The monoisotopic (exact) mass is 300 g/mol. The Balaban J connectivity index is 1.59. The third-order valence-corrected chi connectivity index (χ3v) is 3.99. The molecule has 0 saturated carbocycles. The molecule has 0 aromatic heterocycles. The predicted molar refractivity (Wildman–Crippen MR) is 84.2 cm³/mol. The maximum absolute atomic E-state index is 12.2. The first kappa shape index (κ1) is 14.0. The van der Waals surface area contributed by atoms with Crippen molar-refractivity contribution in [2.75, 3.05) is 6.54 Å². The van der Waals surface area contributed by atoms with E-state index in [1.807, 2.05) is 41.3 Å². The lowest BCUT2D eigenvalue weighted by atomic mass is 10.0. The van der Waals surface area contributed by atoms with Crippen LogP contribution in [-0.2, 0) is 19.5 Å². The van der Waals surface area contributed by atoms with Gasteiger partial charge in [0.1, 0.15) is 0 Å². The largest absolute Gasteiger partial charge is 0.334 e. The van der Waals surface area contributed by atoms with Crippen LogP contribution in [0.4, 0.5) is 4.79 Å². The van der Waals surface area contributed by atoms with E-state index >= 15 is 0 Å². The maximum Gasteiger partial charge on any atom is 0.317 e. The second-order valence-electron chi connectivity index (χ2n) is 5.23. The Kier molecular flexibility index (Phi) is 4.11. The van der Waals surface area contributed by atoms with Crippen LogP contribution in [0.2, 0.25) is 5.02 Å². The molecule has 0 unspecified atom stereocenters. The van der Waals surface area contributed by atoms with E-state index in [4.69, 9.17) is 11.6 Å². The molecule has 0 aliphatic carbocycles. The highest BCUT2D eigenvalue weighted by molar-refractivity contribution is 6.30. The first-order chi connectivity index (χ1) is 10.2. The van der Waals surface area contributed by atoms with Gasteiger partial charge in [-0.3, -0.25) is 0 Å². The number of amides is 2. The van der Waals surface area contributed by atoms with Crippen molar-refractivity contribution in [3.8, 4) is 0 Å². The van der Waals surface area contributed by atoms with Crippen LogP contribution in [0.25, 0.3) is 0 Å². The summed E-state index contributed by atoms with van der Waals surface area (Å²) < 4.78 is 0. The van der Waals surface area contributed by atoms with E-state index in [1.54, 1.807) is 0 Å². The summed E-state index contributed by atoms with van der Waals surface area (Å²) in [6.07, 6.45) is 0.917. The Labute approximate surface area is 129 Å². The first-order valence-electron chi connectivity index (χ1n) is 7.06. The zero-order valence-corrected chi connectivity index (χ0v) is 12.4. The molecule has 0 atom stereocenters. The summed E-state index contributed by atoms with van der Waals surface area (Å²) in [5, 5.41) is 3.64. The fourth-order valence-corrected chi connectivity index (χ4v) is 2.82. The molecule has 1 N–H and O–H groups in total. The van der Waals surface area contributed by atoms with Gasteiger partial charge in [0.15, 0.2) is 0 Å². The summed E-state index contributed by atoms with van der Waals surface area (Å²) in [5.74, 6) is 0. The molecule has 4 heteroatoms. The molecule has 1 aliphatic heterocycles. The highest BCUT2D eigenvalue weighted by Crippen LogP contribution is 2.18. The molecule has 0 saturated heterocycles. The highest BCUT2D eigenvalue weighted by atomic mass is 35.5. The smallest absolute Gasteiger partial charge is 0.317 e. The van der Waals surface area contributed by atoms with Crippen LogP contribution in [0.5, 0.6) is 0 Å². The third kappa shape index (κ3) is 3.37. The Morgan fingerprint density at radius 2 is 1.95 bits per heavy atom. The van der Waals surface area contributed by atoms with E-state index in [0.29, 0.717) is 18.1 Å². The molecule has 2 amide bonds. The predicted octanol–water partition coefficient (Wildman–Crippen LogP) is 3.61. The van der Waals surface area contributed by atoms with Crippen LogP contribution >= 0.6 is 11.6 Å². The lowest BCUT2D eigenvalue weighted by Gasteiger charge is -2.29. The van der Waals surface area contributed by atoms with Crippen LogP contribution in [0.15, 0.2) is 48.5 Å². The topological polar surface area (TPSA) is 32.3 Å². The second kappa shape index (κ2) is 6.19. The number of fused-ring (bicyclic) bond motifs is 1. The number of rotatable bonds is 2. The summed E-state index contributed by atoms with van der Waals surface area (Å²) in [5.41, 5.74) is 3.59. The molecule has 108 valence electrons. The van der Waals surface area contributed by atoms with Crippen molar-refractivity contribution in [1.82, 2.24) is 10.2 Å². The van der Waals surface area contributed by atoms with E-state index in [2.05, 4.69) is 17.4 Å². The number of nitrogens with one attached hydrogen (secondary N) is 1. The number of benzene rings is 2. The molecule has 21 heavy (non-hydrogen) atoms. The quantitative estimate of drug-likeness (QED) is 0.903. The summed E-state index contributed by atoms with van der Waals surface area (Å²) in [4.78, 5) is 14.1. The molecule has 0 bridgehead atoms. The molecule has 1 heterocycles. The zero-order valence-electron chi connectivity index (χ0n) is 11.7. The lowest BCUT2D eigenvalue weighted by molar-refractivity contribution is 0.192. The maximum atomic E-state index is 12.2. The van der Waals surface area contributed by atoms with Crippen molar-refractivity contribution in [2.45, 2.75) is 19.5 Å². The molecular formula is C17H17ClN2O. The van der Waals surface area contributed by atoms with Gasteiger partial charge in [-0.25, -0.2) is 4.79 Å². The number of halogens is 1. The van der Waals surface area contributed by atoms with Crippen LogP contribution in [0.1, 0.15) is 16.7 Å². The number of urea groups is 1. The Morgan fingerprint density at radius 1 is 1.14 bits per heavy atom. The van der Waals surface area contributed by atoms with E-state index in [9.17, 15) is 4.79 Å². The van der Waals surface area contributed by atoms with Gasteiger partial charge in [0, 0.05) is 24.7 Å². The van der Waals surface area contributed by atoms with Crippen LogP contribution in [0.3, 0.4) is 0 Å². The van der Waals surface area contributed by atoms with E-state index in [1.165, 1.54) is 11.1 Å². The zero-order chi connectivity index (χ0) is 14.7. The molecular weight excluding hydrogens is 284 g/mol. The van der Waals surface area contributed by atoms with Gasteiger partial charge in [-0.05, 0) is 35.2 Å². The molecule has 0 fully saturated rings. The summed E-state index contributed by atoms with van der Waals surface area (Å²) >= 11 is 5.94. The molecule has 2 aromatic carbocycles. The van der Waals surface area contributed by atoms with E-state index < -0.39 is 0 Å². The van der Waals surface area contributed by atoms with E-state index in [0.717, 1.165) is 18.5 Å². The molecule has 3 nitrogen and oxygen atoms in total. The minimum Gasteiger partial charge on any atom is -0.334 e. The first-order valence-corrected chi connectivity index (χ1v) is 7.44. The summed E-state index contributed by atoms with van der Waals surface area (Å²) in [7, 11) is 0. The minimum absolute atomic E-state index is 0.0236. The highest BCUT2D eigenvalue weighted by Gasteiger charge is 2.19. The summed E-state index contributed by atoms with van der Waals surface area (Å²) in [6, 6.07) is 15.8. The fraction of sp³-hybridized carbons (Fsp3) is 0.235. The Hall–Kier alpha value is -2.00. The van der Waals surface area contributed by atoms with Crippen LogP contribution in [-0.4, -0.2) is 17.5 Å². The SMILES string of the molecule is O=C(NCc1cccc(Cl)c1)N1CCc2ccccc2C1. The number of hydrogen-bond donors (Lipinski definition) is 1. The molecule has 1 aliphatic rings. The average Bonchev–Trinajstić information content (AvgIpc) is 2.52. The minimum atomic E-state index is -0.0236. The van der Waals surface area contributed by atoms with Crippen molar-refractivity contribution < 1.29 is 4.79 Å². The third-order valence-electron chi connectivity index (χ3n) is 3.75. The van der Waals surface area contributed by atoms with Crippen molar-refractivity contribution in [3.63, 3.8) is 0 Å². The van der Waals surface area contributed by atoms with Crippen molar-refractivity contribution in [2.24, 2.45) is 0 Å². The number of carbonyl (C=O) groups excluding carboxylic acids is 1. The van der Waals surface area contributed by atoms with Crippen molar-refractivity contribution in [1.29, 1.82) is 0 Å². The standard InChI is InChI=1S/C17H17ClN2O/c18-16-7-3-4-13(10-16)11-19-17(21)20-9-8-14-5-1-2-6-15(14)12-20/h1-7,10H,8-9,11-12H2,(H,19,21). The summed E-state index contributed by atoms with van der Waals surface area (Å²) in [6.45, 7) is 1.94. The van der Waals surface area contributed by atoms with Gasteiger partial charge in [-0.15, -0.1) is 0 Å². The number of carbonyl (C=O) groups is 1. The van der Waals surface area contributed by atoms with Gasteiger partial charge >= 0.3 is 6.03 Å². The number of nitrogens with zero attached hydrogens (tertiary/aromatic N) is 1. The van der Waals surface area contributed by atoms with Gasteiger partial charge in [0.2, 0.25) is 0 Å². The fourth-order valence-electron chi connectivity index (χ4n) is 2.61. The molecule has 3 rings (SSSR count). The second-order valence-corrected chi connectivity index (χ2v) is 5.67. The normalized spacial score (nSPS) is 13.7. The van der Waals surface area contributed by atoms with Crippen LogP contribution < -0.4 is 5.32 Å². The van der Waals surface area contributed by atoms with Gasteiger partial charge in [-0.2, -0.15) is 0 Å². The van der Waals surface area contributed by atoms with Gasteiger partial charge in [0.05, 0.1) is 0 Å². The van der Waals surface area contributed by atoms with Crippen LogP contribution in [0, 0.1) is 0 Å². The van der Waals surface area contributed by atoms with Crippen molar-refractivity contribution in [3.05, 3.63) is 70.2 Å². The average molecular weight is 301 g/mol. The molecule has 0 radical (unpaired) electrons. The molecule has 2 aromatic rings. The molecule has 0 spiro atoms. The number of hydrogen-bond acceptors (Lipinski definition) is 1. The van der Waals surface area contributed by atoms with Gasteiger partial charge in [-0.1, -0.05) is 48.0 Å². The van der Waals surface area contributed by atoms with Crippen molar-refractivity contribution >= 4 is 17.6 Å². The Bertz CT molecular complexity index is 657.